The number of carbonyl (C=O) groups excluding carboxylic acids is 1. The highest BCUT2D eigenvalue weighted by atomic mass is 16.6. The minimum Gasteiger partial charge on any atom is -0.508 e. The number of aliphatic carboxylic acids is 1. The number of hydrogen-bond acceptors (Lipinski definition) is 5. The first kappa shape index (κ1) is 12.9. The second-order valence-corrected chi connectivity index (χ2v) is 4.06. The Labute approximate surface area is 108 Å². The van der Waals surface area contributed by atoms with Gasteiger partial charge >= 0.3 is 5.97 Å². The molecule has 0 spiro atoms. The molecule has 19 heavy (non-hydrogen) atoms. The Kier molecular flexibility index (Phi) is 3.37. The highest BCUT2D eigenvalue weighted by Gasteiger charge is 2.33. The molecule has 0 saturated carbocycles. The number of amides is 1. The molecular formula is C12H12N2O5. The first-order valence-electron chi connectivity index (χ1n) is 5.51. The summed E-state index contributed by atoms with van der Waals surface area (Å²) >= 11 is 0. The van der Waals surface area contributed by atoms with Crippen LogP contribution in [-0.2, 0) is 14.4 Å². The smallest absolute Gasteiger partial charge is 0.353 e. The van der Waals surface area contributed by atoms with E-state index in [-0.39, 0.29) is 17.9 Å². The van der Waals surface area contributed by atoms with Crippen molar-refractivity contribution in [2.75, 3.05) is 11.9 Å². The van der Waals surface area contributed by atoms with Crippen molar-refractivity contribution in [3.63, 3.8) is 0 Å². The second-order valence-electron chi connectivity index (χ2n) is 4.06. The van der Waals surface area contributed by atoms with Gasteiger partial charge in [0.15, 0.2) is 5.71 Å². The largest absolute Gasteiger partial charge is 0.508 e. The van der Waals surface area contributed by atoms with Crippen molar-refractivity contribution >= 4 is 23.3 Å². The fraction of sp³-hybridized carbons (Fsp3) is 0.250. The van der Waals surface area contributed by atoms with Crippen LogP contribution in [0.25, 0.3) is 0 Å². The second kappa shape index (κ2) is 4.97. The molecule has 100 valence electrons. The van der Waals surface area contributed by atoms with Gasteiger partial charge in [-0.25, -0.2) is 4.79 Å². The lowest BCUT2D eigenvalue weighted by Crippen LogP contribution is -2.37. The minimum absolute atomic E-state index is 0.0342. The molecule has 7 heteroatoms. The van der Waals surface area contributed by atoms with Crippen LogP contribution in [0.3, 0.4) is 0 Å². The quantitative estimate of drug-likeness (QED) is 0.832. The van der Waals surface area contributed by atoms with E-state index in [2.05, 4.69) is 5.16 Å². The van der Waals surface area contributed by atoms with Gasteiger partial charge in [-0.15, -0.1) is 0 Å². The predicted molar refractivity (Wildman–Crippen MR) is 66.1 cm³/mol. The third kappa shape index (κ3) is 2.65. The Morgan fingerprint density at radius 2 is 2.21 bits per heavy atom. The van der Waals surface area contributed by atoms with Crippen LogP contribution in [0.4, 0.5) is 5.69 Å². The molecule has 1 unspecified atom stereocenters. The SMILES string of the molecule is CN(C(=O)C1CC(C(=O)O)=NO1)c1cccc(O)c1. The lowest BCUT2D eigenvalue weighted by molar-refractivity contribution is -0.129. The molecule has 1 aliphatic rings. The predicted octanol–water partition coefficient (Wildman–Crippen LogP) is 0.584. The van der Waals surface area contributed by atoms with Crippen molar-refractivity contribution in [3.8, 4) is 5.75 Å². The molecule has 7 nitrogen and oxygen atoms in total. The number of benzene rings is 1. The van der Waals surface area contributed by atoms with Crippen LogP contribution in [0.2, 0.25) is 0 Å². The minimum atomic E-state index is -1.20. The molecule has 0 bridgehead atoms. The van der Waals surface area contributed by atoms with E-state index < -0.39 is 18.0 Å². The maximum atomic E-state index is 12.1. The van der Waals surface area contributed by atoms with Gasteiger partial charge in [0.1, 0.15) is 5.75 Å². The summed E-state index contributed by atoms with van der Waals surface area (Å²) in [7, 11) is 1.51. The topological polar surface area (TPSA) is 99.4 Å². The first-order chi connectivity index (χ1) is 8.99. The van der Waals surface area contributed by atoms with Gasteiger partial charge in [0.2, 0.25) is 6.10 Å². The number of rotatable bonds is 3. The summed E-state index contributed by atoms with van der Waals surface area (Å²) in [6.07, 6.45) is -1.02. The molecule has 2 rings (SSSR count). The van der Waals surface area contributed by atoms with Crippen LogP contribution >= 0.6 is 0 Å². The van der Waals surface area contributed by atoms with E-state index in [1.807, 2.05) is 0 Å². The standard InChI is InChI=1S/C12H12N2O5/c1-14(7-3-2-4-8(15)5-7)11(16)10-6-9(12(17)18)13-19-10/h2-5,10,15H,6H2,1H3,(H,17,18). The third-order valence-electron chi connectivity index (χ3n) is 2.74. The molecule has 0 radical (unpaired) electrons. The average Bonchev–Trinajstić information content (AvgIpc) is 2.86. The molecule has 1 amide bonds. The van der Waals surface area contributed by atoms with Gasteiger partial charge in [-0.1, -0.05) is 11.2 Å². The van der Waals surface area contributed by atoms with Crippen LogP contribution in [0.15, 0.2) is 29.4 Å². The molecular weight excluding hydrogens is 252 g/mol. The lowest BCUT2D eigenvalue weighted by atomic mass is 10.1. The van der Waals surface area contributed by atoms with Gasteiger partial charge in [0.25, 0.3) is 5.91 Å². The number of phenols is 1. The van der Waals surface area contributed by atoms with Gasteiger partial charge in [-0.2, -0.15) is 0 Å². The maximum Gasteiger partial charge on any atom is 0.353 e. The lowest BCUT2D eigenvalue weighted by Gasteiger charge is -2.19. The molecule has 1 aromatic rings. The third-order valence-corrected chi connectivity index (χ3v) is 2.74. The van der Waals surface area contributed by atoms with Gasteiger partial charge in [0.05, 0.1) is 0 Å². The van der Waals surface area contributed by atoms with Crippen molar-refractivity contribution in [2.45, 2.75) is 12.5 Å². The summed E-state index contributed by atoms with van der Waals surface area (Å²) in [4.78, 5) is 28.9. The van der Waals surface area contributed by atoms with Crippen molar-refractivity contribution in [1.82, 2.24) is 0 Å². The molecule has 1 heterocycles. The van der Waals surface area contributed by atoms with Crippen LogP contribution in [0, 0.1) is 0 Å². The first-order valence-corrected chi connectivity index (χ1v) is 5.51. The summed E-state index contributed by atoms with van der Waals surface area (Å²) in [5, 5.41) is 21.4. The van der Waals surface area contributed by atoms with Crippen molar-refractivity contribution in [2.24, 2.45) is 5.16 Å². The van der Waals surface area contributed by atoms with Crippen LogP contribution in [0.5, 0.6) is 5.75 Å². The average molecular weight is 264 g/mol. The number of carboxylic acids is 1. The zero-order chi connectivity index (χ0) is 14.0. The van der Waals surface area contributed by atoms with E-state index >= 15 is 0 Å². The number of carbonyl (C=O) groups is 2. The molecule has 1 aromatic carbocycles. The molecule has 1 atom stereocenters. The Morgan fingerprint density at radius 3 is 2.79 bits per heavy atom. The van der Waals surface area contributed by atoms with Gasteiger partial charge < -0.3 is 20.0 Å². The number of aromatic hydroxyl groups is 1. The van der Waals surface area contributed by atoms with E-state index in [9.17, 15) is 14.7 Å². The number of anilines is 1. The number of likely N-dealkylation sites (N-methyl/N-ethyl adjacent to an activating group) is 1. The summed E-state index contributed by atoms with van der Waals surface area (Å²) < 4.78 is 0. The summed E-state index contributed by atoms with van der Waals surface area (Å²) in [5.41, 5.74) is 0.306. The van der Waals surface area contributed by atoms with Crippen molar-refractivity contribution in [1.29, 1.82) is 0 Å². The zero-order valence-corrected chi connectivity index (χ0v) is 10.1. The van der Waals surface area contributed by atoms with Crippen molar-refractivity contribution < 1.29 is 24.6 Å². The summed E-state index contributed by atoms with van der Waals surface area (Å²) in [6.45, 7) is 0. The van der Waals surface area contributed by atoms with Gasteiger partial charge in [-0.3, -0.25) is 4.79 Å². The number of carboxylic acid groups (broad SMARTS) is 1. The highest BCUT2D eigenvalue weighted by molar-refractivity contribution is 6.36. The maximum absolute atomic E-state index is 12.1. The molecule has 0 aliphatic carbocycles. The van der Waals surface area contributed by atoms with Gasteiger partial charge in [0, 0.05) is 25.2 Å². The summed E-state index contributed by atoms with van der Waals surface area (Å²) in [5.74, 6) is -1.59. The number of phenolic OH excluding ortho intramolecular Hbond substituents is 1. The molecule has 0 fully saturated rings. The Bertz CT molecular complexity index is 555. The molecule has 2 N–H and O–H groups in total. The van der Waals surface area contributed by atoms with E-state index in [1.54, 1.807) is 12.1 Å². The van der Waals surface area contributed by atoms with E-state index in [4.69, 9.17) is 9.94 Å². The Balaban J connectivity index is 2.07. The molecule has 0 aromatic heterocycles. The van der Waals surface area contributed by atoms with E-state index in [1.165, 1.54) is 24.1 Å². The Hall–Kier alpha value is -2.57. The molecule has 1 aliphatic heterocycles. The normalized spacial score (nSPS) is 17.5. The van der Waals surface area contributed by atoms with E-state index in [0.717, 1.165) is 0 Å². The fourth-order valence-corrected chi connectivity index (χ4v) is 1.68. The number of hydrogen-bond donors (Lipinski definition) is 2. The van der Waals surface area contributed by atoms with Gasteiger partial charge in [-0.05, 0) is 12.1 Å². The molecule has 0 saturated heterocycles. The Morgan fingerprint density at radius 1 is 1.47 bits per heavy atom. The monoisotopic (exact) mass is 264 g/mol. The van der Waals surface area contributed by atoms with Crippen LogP contribution in [-0.4, -0.2) is 41.0 Å². The number of nitrogens with zero attached hydrogens (tertiary/aromatic N) is 2. The van der Waals surface area contributed by atoms with Crippen molar-refractivity contribution in [3.05, 3.63) is 24.3 Å². The van der Waals surface area contributed by atoms with E-state index in [0.29, 0.717) is 5.69 Å². The number of oxime groups is 1. The highest BCUT2D eigenvalue weighted by Crippen LogP contribution is 2.21. The summed E-state index contributed by atoms with van der Waals surface area (Å²) in [6, 6.07) is 6.15. The zero-order valence-electron chi connectivity index (χ0n) is 10.1. The fourth-order valence-electron chi connectivity index (χ4n) is 1.68. The van der Waals surface area contributed by atoms with Crippen LogP contribution < -0.4 is 4.90 Å². The van der Waals surface area contributed by atoms with Crippen LogP contribution in [0.1, 0.15) is 6.42 Å².